The third kappa shape index (κ3) is 4.27. The quantitative estimate of drug-likeness (QED) is 0.473. The first-order valence-electron chi connectivity index (χ1n) is 4.97. The van der Waals surface area contributed by atoms with Crippen molar-refractivity contribution in [2.75, 3.05) is 13.7 Å². The SMILES string of the molecule is CCNC(=S)N/N=C/c1ccc(OC)cc1. The number of hydrogen-bond acceptors (Lipinski definition) is 3. The number of ether oxygens (including phenoxy) is 1. The van der Waals surface area contributed by atoms with Gasteiger partial charge in [0.15, 0.2) is 5.11 Å². The van der Waals surface area contributed by atoms with E-state index in [1.54, 1.807) is 13.3 Å². The molecule has 0 spiro atoms. The highest BCUT2D eigenvalue weighted by atomic mass is 32.1. The molecule has 0 radical (unpaired) electrons. The molecule has 0 aliphatic carbocycles. The first kappa shape index (κ1) is 12.4. The highest BCUT2D eigenvalue weighted by Crippen LogP contribution is 2.09. The second-order valence-electron chi connectivity index (χ2n) is 3.00. The van der Waals surface area contributed by atoms with Crippen molar-refractivity contribution in [3.8, 4) is 5.75 Å². The van der Waals surface area contributed by atoms with Gasteiger partial charge < -0.3 is 10.1 Å². The summed E-state index contributed by atoms with van der Waals surface area (Å²) in [5.41, 5.74) is 3.70. The molecule has 0 aromatic heterocycles. The third-order valence-corrected chi connectivity index (χ3v) is 2.07. The van der Waals surface area contributed by atoms with Gasteiger partial charge in [-0.1, -0.05) is 0 Å². The Balaban J connectivity index is 2.46. The number of hydrogen-bond donors (Lipinski definition) is 2. The summed E-state index contributed by atoms with van der Waals surface area (Å²) >= 11 is 4.95. The maximum absolute atomic E-state index is 5.05. The van der Waals surface area contributed by atoms with Crippen LogP contribution in [0.5, 0.6) is 5.75 Å². The first-order chi connectivity index (χ1) is 7.76. The minimum Gasteiger partial charge on any atom is -0.497 e. The summed E-state index contributed by atoms with van der Waals surface area (Å²) in [5, 5.41) is 7.45. The zero-order valence-corrected chi connectivity index (χ0v) is 10.2. The predicted molar refractivity (Wildman–Crippen MR) is 70.0 cm³/mol. The zero-order chi connectivity index (χ0) is 11.8. The molecule has 0 heterocycles. The van der Waals surface area contributed by atoms with Crippen LogP contribution >= 0.6 is 12.2 Å². The zero-order valence-electron chi connectivity index (χ0n) is 9.36. The summed E-state index contributed by atoms with van der Waals surface area (Å²) in [4.78, 5) is 0. The molecule has 16 heavy (non-hydrogen) atoms. The molecule has 0 fully saturated rings. The van der Waals surface area contributed by atoms with Gasteiger partial charge in [0.05, 0.1) is 13.3 Å². The molecule has 0 amide bonds. The lowest BCUT2D eigenvalue weighted by Gasteiger charge is -2.02. The van der Waals surface area contributed by atoms with Crippen LogP contribution in [0.4, 0.5) is 0 Å². The highest BCUT2D eigenvalue weighted by molar-refractivity contribution is 7.80. The molecule has 0 aliphatic rings. The van der Waals surface area contributed by atoms with Crippen molar-refractivity contribution in [2.24, 2.45) is 5.10 Å². The van der Waals surface area contributed by atoms with Crippen molar-refractivity contribution >= 4 is 23.5 Å². The van der Waals surface area contributed by atoms with Gasteiger partial charge in [0, 0.05) is 6.54 Å². The Morgan fingerprint density at radius 2 is 2.12 bits per heavy atom. The maximum Gasteiger partial charge on any atom is 0.186 e. The van der Waals surface area contributed by atoms with Crippen LogP contribution in [0, 0.1) is 0 Å². The largest absolute Gasteiger partial charge is 0.497 e. The van der Waals surface area contributed by atoms with Gasteiger partial charge in [0.1, 0.15) is 5.75 Å². The van der Waals surface area contributed by atoms with Gasteiger partial charge in [-0.3, -0.25) is 5.43 Å². The van der Waals surface area contributed by atoms with Gasteiger partial charge in [-0.05, 0) is 49.0 Å². The normalized spacial score (nSPS) is 10.1. The van der Waals surface area contributed by atoms with Crippen molar-refractivity contribution < 1.29 is 4.74 Å². The molecule has 0 saturated heterocycles. The highest BCUT2D eigenvalue weighted by Gasteiger charge is 1.91. The second-order valence-corrected chi connectivity index (χ2v) is 3.41. The number of thiocarbonyl (C=S) groups is 1. The van der Waals surface area contributed by atoms with E-state index in [0.29, 0.717) is 5.11 Å². The van der Waals surface area contributed by atoms with Gasteiger partial charge in [0.2, 0.25) is 0 Å². The maximum atomic E-state index is 5.05. The lowest BCUT2D eigenvalue weighted by Crippen LogP contribution is -2.31. The fourth-order valence-corrected chi connectivity index (χ4v) is 1.25. The summed E-state index contributed by atoms with van der Waals surface area (Å²) < 4.78 is 5.05. The molecule has 1 aromatic rings. The van der Waals surface area contributed by atoms with Gasteiger partial charge in [-0.2, -0.15) is 5.10 Å². The van der Waals surface area contributed by atoms with Gasteiger partial charge in [-0.25, -0.2) is 0 Å². The third-order valence-electron chi connectivity index (χ3n) is 1.83. The van der Waals surface area contributed by atoms with E-state index in [1.807, 2.05) is 31.2 Å². The lowest BCUT2D eigenvalue weighted by atomic mass is 10.2. The summed E-state index contributed by atoms with van der Waals surface area (Å²) in [6.07, 6.45) is 1.70. The van der Waals surface area contributed by atoms with Gasteiger partial charge in [-0.15, -0.1) is 0 Å². The molecule has 0 atom stereocenters. The molecule has 0 bridgehead atoms. The molecular weight excluding hydrogens is 222 g/mol. The Morgan fingerprint density at radius 3 is 2.69 bits per heavy atom. The van der Waals surface area contributed by atoms with Crippen LogP contribution in [0.2, 0.25) is 0 Å². The van der Waals surface area contributed by atoms with Crippen molar-refractivity contribution in [1.29, 1.82) is 0 Å². The van der Waals surface area contributed by atoms with Gasteiger partial charge in [0.25, 0.3) is 0 Å². The molecule has 0 saturated carbocycles. The monoisotopic (exact) mass is 237 g/mol. The van der Waals surface area contributed by atoms with E-state index >= 15 is 0 Å². The van der Waals surface area contributed by atoms with Crippen LogP contribution in [-0.4, -0.2) is 25.0 Å². The number of rotatable bonds is 4. The van der Waals surface area contributed by atoms with Crippen LogP contribution in [-0.2, 0) is 0 Å². The van der Waals surface area contributed by atoms with E-state index in [2.05, 4.69) is 15.8 Å². The van der Waals surface area contributed by atoms with Crippen molar-refractivity contribution in [3.63, 3.8) is 0 Å². The number of benzene rings is 1. The van der Waals surface area contributed by atoms with Gasteiger partial charge >= 0.3 is 0 Å². The molecule has 4 nitrogen and oxygen atoms in total. The topological polar surface area (TPSA) is 45.7 Å². The molecule has 1 aromatic carbocycles. The average Bonchev–Trinajstić information content (AvgIpc) is 2.30. The fourth-order valence-electron chi connectivity index (χ4n) is 1.06. The summed E-state index contributed by atoms with van der Waals surface area (Å²) in [5.74, 6) is 0.827. The smallest absolute Gasteiger partial charge is 0.186 e. The van der Waals surface area contributed by atoms with E-state index in [0.717, 1.165) is 17.9 Å². The van der Waals surface area contributed by atoms with Crippen LogP contribution in [0.1, 0.15) is 12.5 Å². The van der Waals surface area contributed by atoms with E-state index in [-0.39, 0.29) is 0 Å². The van der Waals surface area contributed by atoms with Crippen molar-refractivity contribution in [3.05, 3.63) is 29.8 Å². The van der Waals surface area contributed by atoms with Crippen molar-refractivity contribution in [2.45, 2.75) is 6.92 Å². The Bertz CT molecular complexity index is 362. The van der Waals surface area contributed by atoms with Crippen LogP contribution < -0.4 is 15.5 Å². The fraction of sp³-hybridized carbons (Fsp3) is 0.273. The average molecular weight is 237 g/mol. The minimum atomic E-state index is 0.521. The summed E-state index contributed by atoms with van der Waals surface area (Å²) in [6, 6.07) is 7.59. The van der Waals surface area contributed by atoms with Crippen LogP contribution in [0.3, 0.4) is 0 Å². The van der Waals surface area contributed by atoms with Crippen LogP contribution in [0.15, 0.2) is 29.4 Å². The molecule has 5 heteroatoms. The molecule has 0 aliphatic heterocycles. The molecular formula is C11H15N3OS. The van der Waals surface area contributed by atoms with E-state index in [4.69, 9.17) is 17.0 Å². The van der Waals surface area contributed by atoms with E-state index in [1.165, 1.54) is 0 Å². The van der Waals surface area contributed by atoms with Crippen molar-refractivity contribution in [1.82, 2.24) is 10.7 Å². The Kier molecular flexibility index (Phi) is 5.28. The summed E-state index contributed by atoms with van der Waals surface area (Å²) in [7, 11) is 1.64. The molecule has 86 valence electrons. The Labute approximate surface area is 101 Å². The number of nitrogens with one attached hydrogen (secondary N) is 2. The Morgan fingerprint density at radius 1 is 1.44 bits per heavy atom. The summed E-state index contributed by atoms with van der Waals surface area (Å²) in [6.45, 7) is 2.76. The number of hydrazone groups is 1. The van der Waals surface area contributed by atoms with E-state index < -0.39 is 0 Å². The molecule has 0 unspecified atom stereocenters. The second kappa shape index (κ2) is 6.79. The Hall–Kier alpha value is -1.62. The minimum absolute atomic E-state index is 0.521. The number of nitrogens with zero attached hydrogens (tertiary/aromatic N) is 1. The van der Waals surface area contributed by atoms with Crippen LogP contribution in [0.25, 0.3) is 0 Å². The molecule has 2 N–H and O–H groups in total. The lowest BCUT2D eigenvalue weighted by molar-refractivity contribution is 0.415. The predicted octanol–water partition coefficient (Wildman–Crippen LogP) is 1.51. The number of methoxy groups -OCH3 is 1. The standard InChI is InChI=1S/C11H15N3OS/c1-3-12-11(16)14-13-8-9-4-6-10(15-2)7-5-9/h4-8H,3H2,1-2H3,(H2,12,14,16)/b13-8+. The first-order valence-corrected chi connectivity index (χ1v) is 5.38. The van der Waals surface area contributed by atoms with E-state index in [9.17, 15) is 0 Å². The molecule has 1 rings (SSSR count).